The molecule has 0 saturated heterocycles. The molecule has 0 radical (unpaired) electrons. The molecule has 0 amide bonds. The van der Waals surface area contributed by atoms with Gasteiger partial charge in [0, 0.05) is 18.2 Å². The van der Waals surface area contributed by atoms with Gasteiger partial charge in [-0.25, -0.2) is 0 Å². The Labute approximate surface area is 119 Å². The number of anilines is 1. The van der Waals surface area contributed by atoms with Gasteiger partial charge in [0.1, 0.15) is 12.0 Å². The minimum atomic E-state index is -0.463. The summed E-state index contributed by atoms with van der Waals surface area (Å²) in [5.74, 6) is 1.42. The minimum Gasteiger partial charge on any atom is -0.379 e. The molecule has 1 N–H and O–H groups in total. The number of nitrogens with zero attached hydrogens (tertiary/aromatic N) is 1. The van der Waals surface area contributed by atoms with E-state index in [0.29, 0.717) is 41.8 Å². The van der Waals surface area contributed by atoms with Crippen molar-refractivity contribution in [1.29, 1.82) is 0 Å². The van der Waals surface area contributed by atoms with Gasteiger partial charge in [-0.05, 0) is 29.9 Å². The standard InChI is InChI=1S/C15H22N2O3/c1-10(2)13(11(3)4)8-16-14-6-5-12(9-18)7-15(14)17(19)20/h5-7,9-11,13,16H,8H2,1-4H3. The van der Waals surface area contributed by atoms with E-state index in [4.69, 9.17) is 0 Å². The molecule has 1 aromatic carbocycles. The van der Waals surface area contributed by atoms with Crippen molar-refractivity contribution in [3.63, 3.8) is 0 Å². The fourth-order valence-corrected chi connectivity index (χ4v) is 2.39. The van der Waals surface area contributed by atoms with Gasteiger partial charge in [-0.1, -0.05) is 27.7 Å². The van der Waals surface area contributed by atoms with Gasteiger partial charge in [-0.15, -0.1) is 0 Å². The van der Waals surface area contributed by atoms with E-state index in [1.165, 1.54) is 6.07 Å². The zero-order chi connectivity index (χ0) is 15.3. The first-order valence-electron chi connectivity index (χ1n) is 6.84. The number of aldehydes is 1. The van der Waals surface area contributed by atoms with Gasteiger partial charge in [-0.3, -0.25) is 14.9 Å². The van der Waals surface area contributed by atoms with Crippen molar-refractivity contribution in [2.24, 2.45) is 17.8 Å². The lowest BCUT2D eigenvalue weighted by molar-refractivity contribution is -0.384. The summed E-state index contributed by atoms with van der Waals surface area (Å²) >= 11 is 0. The van der Waals surface area contributed by atoms with E-state index in [9.17, 15) is 14.9 Å². The first-order valence-corrected chi connectivity index (χ1v) is 6.84. The number of rotatable bonds is 7. The summed E-state index contributed by atoms with van der Waals surface area (Å²) in [4.78, 5) is 21.3. The van der Waals surface area contributed by atoms with Crippen LogP contribution in [0, 0.1) is 27.9 Å². The molecule has 0 unspecified atom stereocenters. The highest BCUT2D eigenvalue weighted by Crippen LogP contribution is 2.27. The van der Waals surface area contributed by atoms with Gasteiger partial charge < -0.3 is 5.32 Å². The second-order valence-corrected chi connectivity index (χ2v) is 5.68. The van der Waals surface area contributed by atoms with E-state index in [0.717, 1.165) is 0 Å². The van der Waals surface area contributed by atoms with Crippen LogP contribution in [0.25, 0.3) is 0 Å². The topological polar surface area (TPSA) is 72.2 Å². The molecule has 0 aliphatic rings. The molecule has 0 aromatic heterocycles. The predicted octanol–water partition coefficient (Wildman–Crippen LogP) is 3.75. The molecule has 0 saturated carbocycles. The summed E-state index contributed by atoms with van der Waals surface area (Å²) in [5, 5.41) is 14.2. The number of carbonyl (C=O) groups is 1. The lowest BCUT2D eigenvalue weighted by Gasteiger charge is -2.25. The molecule has 0 aliphatic heterocycles. The molecule has 0 fully saturated rings. The number of benzene rings is 1. The van der Waals surface area contributed by atoms with E-state index < -0.39 is 4.92 Å². The van der Waals surface area contributed by atoms with Crippen LogP contribution in [0.5, 0.6) is 0 Å². The number of nitro benzene ring substituents is 1. The molecule has 0 heterocycles. The fourth-order valence-electron chi connectivity index (χ4n) is 2.39. The zero-order valence-electron chi connectivity index (χ0n) is 12.4. The molecule has 0 atom stereocenters. The summed E-state index contributed by atoms with van der Waals surface area (Å²) in [7, 11) is 0. The Bertz CT molecular complexity index is 476. The van der Waals surface area contributed by atoms with Crippen LogP contribution in [0.4, 0.5) is 11.4 Å². The van der Waals surface area contributed by atoms with Gasteiger partial charge in [0.25, 0.3) is 5.69 Å². The predicted molar refractivity (Wildman–Crippen MR) is 80.1 cm³/mol. The first kappa shape index (κ1) is 16.1. The van der Waals surface area contributed by atoms with Gasteiger partial charge in [0.05, 0.1) is 4.92 Å². The lowest BCUT2D eigenvalue weighted by Crippen LogP contribution is -2.24. The Kier molecular flexibility index (Phi) is 5.67. The van der Waals surface area contributed by atoms with E-state index in [1.807, 2.05) is 0 Å². The van der Waals surface area contributed by atoms with E-state index in [2.05, 4.69) is 33.0 Å². The molecule has 5 nitrogen and oxygen atoms in total. The average molecular weight is 278 g/mol. The maximum absolute atomic E-state index is 11.1. The molecule has 0 spiro atoms. The quantitative estimate of drug-likeness (QED) is 0.468. The third-order valence-electron chi connectivity index (χ3n) is 3.60. The molecular weight excluding hydrogens is 256 g/mol. The molecule has 1 aromatic rings. The Hall–Kier alpha value is -1.91. The molecule has 0 aliphatic carbocycles. The number of carbonyl (C=O) groups excluding carboxylic acids is 1. The largest absolute Gasteiger partial charge is 0.379 e. The summed E-state index contributed by atoms with van der Waals surface area (Å²) in [6.45, 7) is 9.27. The van der Waals surface area contributed by atoms with Crippen molar-refractivity contribution in [3.05, 3.63) is 33.9 Å². The van der Waals surface area contributed by atoms with Crippen LogP contribution in [0.3, 0.4) is 0 Å². The van der Waals surface area contributed by atoms with E-state index in [-0.39, 0.29) is 5.69 Å². The Morgan fingerprint density at radius 2 is 1.85 bits per heavy atom. The van der Waals surface area contributed by atoms with Crippen molar-refractivity contribution < 1.29 is 9.72 Å². The Morgan fingerprint density at radius 3 is 2.30 bits per heavy atom. The highest BCUT2D eigenvalue weighted by atomic mass is 16.6. The summed E-state index contributed by atoms with van der Waals surface area (Å²) in [5.41, 5.74) is 0.722. The van der Waals surface area contributed by atoms with Crippen molar-refractivity contribution in [1.82, 2.24) is 0 Å². The SMILES string of the molecule is CC(C)C(CNc1ccc(C=O)cc1[N+](=O)[O-])C(C)C. The highest BCUT2D eigenvalue weighted by molar-refractivity contribution is 5.79. The summed E-state index contributed by atoms with van der Waals surface area (Å²) in [6.07, 6.45) is 0.613. The Balaban J connectivity index is 2.92. The normalized spacial score (nSPS) is 11.2. The maximum Gasteiger partial charge on any atom is 0.293 e. The van der Waals surface area contributed by atoms with Gasteiger partial charge in [0.2, 0.25) is 0 Å². The van der Waals surface area contributed by atoms with Crippen molar-refractivity contribution in [2.75, 3.05) is 11.9 Å². The van der Waals surface area contributed by atoms with Gasteiger partial charge in [0.15, 0.2) is 0 Å². The minimum absolute atomic E-state index is 0.0548. The molecule has 110 valence electrons. The second-order valence-electron chi connectivity index (χ2n) is 5.68. The van der Waals surface area contributed by atoms with Crippen molar-refractivity contribution in [2.45, 2.75) is 27.7 Å². The molecule has 0 bridgehead atoms. The van der Waals surface area contributed by atoms with E-state index >= 15 is 0 Å². The molecule has 1 rings (SSSR count). The summed E-state index contributed by atoms with van der Waals surface area (Å²) < 4.78 is 0. The zero-order valence-corrected chi connectivity index (χ0v) is 12.4. The first-order chi connectivity index (χ1) is 9.36. The van der Waals surface area contributed by atoms with Crippen LogP contribution in [-0.4, -0.2) is 17.8 Å². The molecule has 5 heteroatoms. The second kappa shape index (κ2) is 7.03. The smallest absolute Gasteiger partial charge is 0.293 e. The third-order valence-corrected chi connectivity index (χ3v) is 3.60. The van der Waals surface area contributed by atoms with Crippen LogP contribution in [-0.2, 0) is 0 Å². The number of hydrogen-bond acceptors (Lipinski definition) is 4. The van der Waals surface area contributed by atoms with Crippen molar-refractivity contribution >= 4 is 17.7 Å². The molecular formula is C15H22N2O3. The van der Waals surface area contributed by atoms with Gasteiger partial charge >= 0.3 is 0 Å². The van der Waals surface area contributed by atoms with Gasteiger partial charge in [-0.2, -0.15) is 0 Å². The maximum atomic E-state index is 11.1. The number of hydrogen-bond donors (Lipinski definition) is 1. The molecule has 20 heavy (non-hydrogen) atoms. The van der Waals surface area contributed by atoms with Crippen LogP contribution in [0.15, 0.2) is 18.2 Å². The Morgan fingerprint density at radius 1 is 1.25 bits per heavy atom. The number of nitro groups is 1. The monoisotopic (exact) mass is 278 g/mol. The number of nitrogens with one attached hydrogen (secondary N) is 1. The van der Waals surface area contributed by atoms with Crippen LogP contribution < -0.4 is 5.32 Å². The fraction of sp³-hybridized carbons (Fsp3) is 0.533. The van der Waals surface area contributed by atoms with Crippen LogP contribution in [0.2, 0.25) is 0 Å². The average Bonchev–Trinajstić information content (AvgIpc) is 2.38. The van der Waals surface area contributed by atoms with Crippen molar-refractivity contribution in [3.8, 4) is 0 Å². The highest BCUT2D eigenvalue weighted by Gasteiger charge is 2.20. The van der Waals surface area contributed by atoms with Crippen LogP contribution >= 0.6 is 0 Å². The van der Waals surface area contributed by atoms with Crippen LogP contribution in [0.1, 0.15) is 38.1 Å². The van der Waals surface area contributed by atoms with E-state index in [1.54, 1.807) is 12.1 Å². The lowest BCUT2D eigenvalue weighted by atomic mass is 9.85. The summed E-state index contributed by atoms with van der Waals surface area (Å²) in [6, 6.07) is 4.48. The third kappa shape index (κ3) is 4.05.